The molecule has 1 saturated heterocycles. The molecule has 2 heterocycles. The fourth-order valence-corrected chi connectivity index (χ4v) is 3.17. The van der Waals surface area contributed by atoms with Crippen LogP contribution in [0.3, 0.4) is 0 Å². The van der Waals surface area contributed by atoms with Gasteiger partial charge in [-0.25, -0.2) is 0 Å². The Morgan fingerprint density at radius 2 is 1.71 bits per heavy atom. The summed E-state index contributed by atoms with van der Waals surface area (Å²) in [5.41, 5.74) is 3.29. The maximum atomic E-state index is 12.3. The molecule has 1 aromatic heterocycles. The molecule has 1 fully saturated rings. The van der Waals surface area contributed by atoms with Crippen LogP contribution in [0.15, 0.2) is 59.4 Å². The van der Waals surface area contributed by atoms with Gasteiger partial charge in [0.05, 0.1) is 13.2 Å². The number of hydrogen-bond acceptors (Lipinski definition) is 6. The highest BCUT2D eigenvalue weighted by atomic mass is 16.5. The lowest BCUT2D eigenvalue weighted by Crippen LogP contribution is -2.35. The molecule has 1 aliphatic rings. The summed E-state index contributed by atoms with van der Waals surface area (Å²) in [6.45, 7) is 4.44. The second-order valence-corrected chi connectivity index (χ2v) is 6.82. The zero-order chi connectivity index (χ0) is 19.2. The van der Waals surface area contributed by atoms with Gasteiger partial charge in [-0.15, -0.1) is 10.2 Å². The van der Waals surface area contributed by atoms with E-state index in [1.807, 2.05) is 42.5 Å². The molecule has 0 spiro atoms. The van der Waals surface area contributed by atoms with Crippen LogP contribution in [0.5, 0.6) is 0 Å². The molecular weight excluding hydrogens is 354 g/mol. The number of rotatable bonds is 6. The smallest absolute Gasteiger partial charge is 0.274 e. The standard InChI is InChI=1S/C21H23N5O2/c27-20-19(14-16-4-2-1-3-5-16)24-25-21(23-20)22-18-8-6-17(7-9-18)15-26-10-12-28-13-11-26/h1-9H,10-15H2,(H2,22,23,25,27). The summed E-state index contributed by atoms with van der Waals surface area (Å²) >= 11 is 0. The Morgan fingerprint density at radius 3 is 2.43 bits per heavy atom. The zero-order valence-corrected chi connectivity index (χ0v) is 15.6. The van der Waals surface area contributed by atoms with Crippen molar-refractivity contribution in [2.75, 3.05) is 31.6 Å². The molecule has 0 saturated carbocycles. The second-order valence-electron chi connectivity index (χ2n) is 6.82. The van der Waals surface area contributed by atoms with Crippen LogP contribution in [0.25, 0.3) is 0 Å². The lowest BCUT2D eigenvalue weighted by atomic mass is 10.1. The van der Waals surface area contributed by atoms with Gasteiger partial charge < -0.3 is 10.1 Å². The van der Waals surface area contributed by atoms with Crippen molar-refractivity contribution in [1.82, 2.24) is 20.1 Å². The van der Waals surface area contributed by atoms with Gasteiger partial charge in [0.25, 0.3) is 5.56 Å². The number of nitrogens with one attached hydrogen (secondary N) is 2. The number of H-pyrrole nitrogens is 1. The molecule has 0 radical (unpaired) electrons. The Labute approximate surface area is 163 Å². The average Bonchev–Trinajstić information content (AvgIpc) is 2.73. The summed E-state index contributed by atoms with van der Waals surface area (Å²) in [7, 11) is 0. The third kappa shape index (κ3) is 4.82. The van der Waals surface area contributed by atoms with E-state index in [1.54, 1.807) is 0 Å². The SMILES string of the molecule is O=c1[nH]c(Nc2ccc(CN3CCOCC3)cc2)nnc1Cc1ccccc1. The fraction of sp³-hybridized carbons (Fsp3) is 0.286. The highest BCUT2D eigenvalue weighted by Gasteiger charge is 2.11. The van der Waals surface area contributed by atoms with E-state index in [1.165, 1.54) is 5.56 Å². The number of aromatic nitrogens is 3. The van der Waals surface area contributed by atoms with Gasteiger partial charge in [0.2, 0.25) is 5.95 Å². The molecule has 0 bridgehead atoms. The van der Waals surface area contributed by atoms with E-state index in [9.17, 15) is 4.79 Å². The van der Waals surface area contributed by atoms with Gasteiger partial charge in [-0.05, 0) is 23.3 Å². The molecule has 7 heteroatoms. The van der Waals surface area contributed by atoms with Crippen LogP contribution in [0.1, 0.15) is 16.8 Å². The topological polar surface area (TPSA) is 83.1 Å². The monoisotopic (exact) mass is 377 g/mol. The van der Waals surface area contributed by atoms with Crippen molar-refractivity contribution < 1.29 is 4.74 Å². The minimum atomic E-state index is -0.231. The normalized spacial score (nSPS) is 14.7. The molecule has 144 valence electrons. The Bertz CT molecular complexity index is 951. The summed E-state index contributed by atoms with van der Waals surface area (Å²) in [5, 5.41) is 11.3. The Balaban J connectivity index is 1.38. The molecule has 3 aromatic rings. The van der Waals surface area contributed by atoms with E-state index >= 15 is 0 Å². The number of morpholine rings is 1. The highest BCUT2D eigenvalue weighted by Crippen LogP contribution is 2.15. The van der Waals surface area contributed by atoms with Gasteiger partial charge in [0, 0.05) is 31.7 Å². The first-order valence-corrected chi connectivity index (χ1v) is 9.42. The van der Waals surface area contributed by atoms with Crippen molar-refractivity contribution in [3.63, 3.8) is 0 Å². The maximum absolute atomic E-state index is 12.3. The quantitative estimate of drug-likeness (QED) is 0.686. The van der Waals surface area contributed by atoms with E-state index < -0.39 is 0 Å². The van der Waals surface area contributed by atoms with Gasteiger partial charge in [-0.1, -0.05) is 42.5 Å². The summed E-state index contributed by atoms with van der Waals surface area (Å²) in [6.07, 6.45) is 0.458. The molecule has 0 atom stereocenters. The first kappa shape index (κ1) is 18.3. The van der Waals surface area contributed by atoms with Crippen LogP contribution >= 0.6 is 0 Å². The lowest BCUT2D eigenvalue weighted by Gasteiger charge is -2.26. The molecule has 28 heavy (non-hydrogen) atoms. The van der Waals surface area contributed by atoms with Crippen LogP contribution in [0.4, 0.5) is 11.6 Å². The molecule has 0 amide bonds. The summed E-state index contributed by atoms with van der Waals surface area (Å²) in [4.78, 5) is 17.4. The number of benzene rings is 2. The zero-order valence-electron chi connectivity index (χ0n) is 15.6. The van der Waals surface area contributed by atoms with Gasteiger partial charge in [0.1, 0.15) is 5.69 Å². The fourth-order valence-electron chi connectivity index (χ4n) is 3.17. The summed E-state index contributed by atoms with van der Waals surface area (Å²) in [5.74, 6) is 0.336. The minimum Gasteiger partial charge on any atom is -0.379 e. The van der Waals surface area contributed by atoms with Crippen LogP contribution in [0, 0.1) is 0 Å². The van der Waals surface area contributed by atoms with Crippen molar-refractivity contribution in [2.45, 2.75) is 13.0 Å². The molecule has 1 aliphatic heterocycles. The number of aromatic amines is 1. The third-order valence-corrected chi connectivity index (χ3v) is 4.71. The van der Waals surface area contributed by atoms with Crippen molar-refractivity contribution in [3.05, 3.63) is 81.8 Å². The molecule has 0 unspecified atom stereocenters. The Morgan fingerprint density at radius 1 is 0.964 bits per heavy atom. The molecule has 2 aromatic carbocycles. The van der Waals surface area contributed by atoms with Gasteiger partial charge in [0.15, 0.2) is 0 Å². The van der Waals surface area contributed by atoms with E-state index in [-0.39, 0.29) is 5.56 Å². The van der Waals surface area contributed by atoms with E-state index in [2.05, 4.69) is 37.5 Å². The third-order valence-electron chi connectivity index (χ3n) is 4.71. The number of anilines is 2. The summed E-state index contributed by atoms with van der Waals surface area (Å²) in [6, 6.07) is 17.9. The van der Waals surface area contributed by atoms with Crippen molar-refractivity contribution in [3.8, 4) is 0 Å². The highest BCUT2D eigenvalue weighted by molar-refractivity contribution is 5.53. The van der Waals surface area contributed by atoms with Crippen molar-refractivity contribution >= 4 is 11.6 Å². The summed E-state index contributed by atoms with van der Waals surface area (Å²) < 4.78 is 5.38. The first-order chi connectivity index (χ1) is 13.8. The van der Waals surface area contributed by atoms with Crippen LogP contribution in [-0.4, -0.2) is 46.4 Å². The Kier molecular flexibility index (Phi) is 5.75. The molecule has 7 nitrogen and oxygen atoms in total. The van der Waals surface area contributed by atoms with E-state index in [0.29, 0.717) is 18.1 Å². The van der Waals surface area contributed by atoms with Crippen LogP contribution in [0.2, 0.25) is 0 Å². The minimum absolute atomic E-state index is 0.231. The molecule has 4 rings (SSSR count). The molecular formula is C21H23N5O2. The maximum Gasteiger partial charge on any atom is 0.274 e. The van der Waals surface area contributed by atoms with Gasteiger partial charge >= 0.3 is 0 Å². The van der Waals surface area contributed by atoms with Crippen LogP contribution < -0.4 is 10.9 Å². The first-order valence-electron chi connectivity index (χ1n) is 9.42. The van der Waals surface area contributed by atoms with Crippen molar-refractivity contribution in [2.24, 2.45) is 0 Å². The van der Waals surface area contributed by atoms with Gasteiger partial charge in [-0.3, -0.25) is 14.7 Å². The van der Waals surface area contributed by atoms with E-state index in [4.69, 9.17) is 4.74 Å². The van der Waals surface area contributed by atoms with E-state index in [0.717, 1.165) is 44.1 Å². The molecule has 0 aliphatic carbocycles. The number of nitrogens with zero attached hydrogens (tertiary/aromatic N) is 3. The average molecular weight is 377 g/mol. The van der Waals surface area contributed by atoms with Crippen molar-refractivity contribution in [1.29, 1.82) is 0 Å². The Hall–Kier alpha value is -3.03. The second kappa shape index (κ2) is 8.77. The predicted octanol–water partition coefficient (Wildman–Crippen LogP) is 2.33. The number of hydrogen-bond donors (Lipinski definition) is 2. The largest absolute Gasteiger partial charge is 0.379 e. The number of ether oxygens (including phenoxy) is 1. The van der Waals surface area contributed by atoms with Crippen LogP contribution in [-0.2, 0) is 17.7 Å². The van der Waals surface area contributed by atoms with Gasteiger partial charge in [-0.2, -0.15) is 0 Å². The predicted molar refractivity (Wildman–Crippen MR) is 108 cm³/mol. The lowest BCUT2D eigenvalue weighted by molar-refractivity contribution is 0.0342. The molecule has 2 N–H and O–H groups in total.